The van der Waals surface area contributed by atoms with Gasteiger partial charge in [0.25, 0.3) is 5.69 Å². The number of para-hydroxylation sites is 1. The lowest BCUT2D eigenvalue weighted by atomic mass is 10.3. The Bertz CT molecular complexity index is 486. The van der Waals surface area contributed by atoms with E-state index in [1.54, 1.807) is 12.1 Å². The maximum atomic E-state index is 10.1. The van der Waals surface area contributed by atoms with Gasteiger partial charge in [0.05, 0.1) is 4.92 Å². The van der Waals surface area contributed by atoms with Crippen LogP contribution in [0.5, 0.6) is 0 Å². The van der Waals surface area contributed by atoms with Gasteiger partial charge in [-0.15, -0.1) is 0 Å². The van der Waals surface area contributed by atoms with Crippen LogP contribution in [0, 0.1) is 10.1 Å². The van der Waals surface area contributed by atoms with Gasteiger partial charge in [-0.2, -0.15) is 0 Å². The fraction of sp³-hybridized carbons (Fsp3) is 0. The molecule has 2 aromatic carbocycles. The molecule has 0 amide bonds. The van der Waals surface area contributed by atoms with Gasteiger partial charge < -0.3 is 11.5 Å². The summed E-state index contributed by atoms with van der Waals surface area (Å²) in [7, 11) is 0. The molecule has 0 aliphatic rings. The van der Waals surface area contributed by atoms with Crippen LogP contribution in [-0.2, 0) is 0 Å². The van der Waals surface area contributed by atoms with Crippen LogP contribution in [0.2, 0.25) is 0 Å². The van der Waals surface area contributed by atoms with Gasteiger partial charge in [-0.3, -0.25) is 10.1 Å². The predicted molar refractivity (Wildman–Crippen MR) is 68.4 cm³/mol. The van der Waals surface area contributed by atoms with Crippen molar-refractivity contribution in [3.8, 4) is 0 Å². The highest BCUT2D eigenvalue weighted by Crippen LogP contribution is 2.13. The van der Waals surface area contributed by atoms with Crippen molar-refractivity contribution >= 4 is 17.1 Å². The molecule has 2 aromatic rings. The fourth-order valence-corrected chi connectivity index (χ4v) is 1.09. The zero-order valence-corrected chi connectivity index (χ0v) is 9.11. The van der Waals surface area contributed by atoms with Gasteiger partial charge >= 0.3 is 0 Å². The first-order valence-corrected chi connectivity index (χ1v) is 4.90. The maximum Gasteiger partial charge on any atom is 0.271 e. The molecule has 2 rings (SSSR count). The minimum Gasteiger partial charge on any atom is -0.399 e. The minimum absolute atomic E-state index is 0.0278. The predicted octanol–water partition coefficient (Wildman–Crippen LogP) is 2.45. The number of nitro groups is 1. The molecular weight excluding hydrogens is 218 g/mol. The van der Waals surface area contributed by atoms with E-state index in [1.807, 2.05) is 30.3 Å². The molecule has 0 heterocycles. The van der Waals surface area contributed by atoms with E-state index in [4.69, 9.17) is 11.5 Å². The molecule has 0 aromatic heterocycles. The SMILES string of the molecule is Nc1cccc([N+](=O)[O-])c1.Nc1ccccc1. The Morgan fingerprint density at radius 3 is 1.82 bits per heavy atom. The summed E-state index contributed by atoms with van der Waals surface area (Å²) >= 11 is 0. The third-order valence-electron chi connectivity index (χ3n) is 1.88. The molecule has 5 nitrogen and oxygen atoms in total. The number of non-ortho nitro benzene ring substituents is 1. The van der Waals surface area contributed by atoms with Crippen LogP contribution in [0.3, 0.4) is 0 Å². The topological polar surface area (TPSA) is 95.2 Å². The van der Waals surface area contributed by atoms with Crippen LogP contribution in [0.1, 0.15) is 0 Å². The molecule has 0 saturated carbocycles. The van der Waals surface area contributed by atoms with E-state index in [9.17, 15) is 10.1 Å². The lowest BCUT2D eigenvalue weighted by Crippen LogP contribution is -1.89. The van der Waals surface area contributed by atoms with Gasteiger partial charge in [0, 0.05) is 23.5 Å². The first-order chi connectivity index (χ1) is 8.09. The lowest BCUT2D eigenvalue weighted by molar-refractivity contribution is -0.384. The van der Waals surface area contributed by atoms with Gasteiger partial charge in [-0.1, -0.05) is 24.3 Å². The molecule has 0 fully saturated rings. The normalized spacial score (nSPS) is 8.94. The van der Waals surface area contributed by atoms with Gasteiger partial charge in [0.2, 0.25) is 0 Å². The van der Waals surface area contributed by atoms with E-state index in [0.29, 0.717) is 5.69 Å². The number of benzene rings is 2. The number of nitrogens with two attached hydrogens (primary N) is 2. The maximum absolute atomic E-state index is 10.1. The fourth-order valence-electron chi connectivity index (χ4n) is 1.09. The molecule has 5 heteroatoms. The second-order valence-corrected chi connectivity index (χ2v) is 3.26. The smallest absolute Gasteiger partial charge is 0.271 e. The molecule has 4 N–H and O–H groups in total. The third-order valence-corrected chi connectivity index (χ3v) is 1.88. The average Bonchev–Trinajstić information content (AvgIpc) is 2.31. The largest absolute Gasteiger partial charge is 0.399 e. The molecule has 0 radical (unpaired) electrons. The number of rotatable bonds is 1. The van der Waals surface area contributed by atoms with E-state index in [2.05, 4.69) is 0 Å². The summed E-state index contributed by atoms with van der Waals surface area (Å²) in [6.45, 7) is 0. The lowest BCUT2D eigenvalue weighted by Gasteiger charge is -1.90. The second kappa shape index (κ2) is 6.12. The Labute approximate surface area is 98.8 Å². The number of hydrogen-bond acceptors (Lipinski definition) is 4. The molecular formula is C12H13N3O2. The Hall–Kier alpha value is -2.56. The highest BCUT2D eigenvalue weighted by molar-refractivity contribution is 5.46. The van der Waals surface area contributed by atoms with Crippen LogP contribution in [-0.4, -0.2) is 4.92 Å². The molecule has 17 heavy (non-hydrogen) atoms. The number of nitro benzene ring substituents is 1. The van der Waals surface area contributed by atoms with E-state index in [0.717, 1.165) is 5.69 Å². The van der Waals surface area contributed by atoms with Crippen molar-refractivity contribution in [3.63, 3.8) is 0 Å². The average molecular weight is 231 g/mol. The Kier molecular flexibility index (Phi) is 4.50. The first-order valence-electron chi connectivity index (χ1n) is 4.90. The summed E-state index contributed by atoms with van der Waals surface area (Å²) in [5.41, 5.74) is 11.9. The number of anilines is 2. The Morgan fingerprint density at radius 2 is 1.47 bits per heavy atom. The van der Waals surface area contributed by atoms with Crippen molar-refractivity contribution in [2.45, 2.75) is 0 Å². The molecule has 88 valence electrons. The van der Waals surface area contributed by atoms with E-state index in [-0.39, 0.29) is 5.69 Å². The van der Waals surface area contributed by atoms with E-state index >= 15 is 0 Å². The summed E-state index contributed by atoms with van der Waals surface area (Å²) in [6, 6.07) is 15.4. The van der Waals surface area contributed by atoms with Crippen LogP contribution in [0.4, 0.5) is 17.1 Å². The molecule has 0 aliphatic heterocycles. The molecule has 0 saturated heterocycles. The van der Waals surface area contributed by atoms with E-state index in [1.165, 1.54) is 12.1 Å². The van der Waals surface area contributed by atoms with Crippen molar-refractivity contribution in [3.05, 3.63) is 64.7 Å². The van der Waals surface area contributed by atoms with Crippen LogP contribution < -0.4 is 11.5 Å². The van der Waals surface area contributed by atoms with Crippen LogP contribution in [0.15, 0.2) is 54.6 Å². The second-order valence-electron chi connectivity index (χ2n) is 3.26. The zero-order valence-electron chi connectivity index (χ0n) is 9.11. The molecule has 0 bridgehead atoms. The highest BCUT2D eigenvalue weighted by atomic mass is 16.6. The van der Waals surface area contributed by atoms with Gasteiger partial charge in [0.1, 0.15) is 0 Å². The summed E-state index contributed by atoms with van der Waals surface area (Å²) < 4.78 is 0. The Balaban J connectivity index is 0.000000181. The van der Waals surface area contributed by atoms with Gasteiger partial charge in [0.15, 0.2) is 0 Å². The quantitative estimate of drug-likeness (QED) is 0.447. The van der Waals surface area contributed by atoms with Gasteiger partial charge in [-0.25, -0.2) is 0 Å². The molecule has 0 spiro atoms. The molecule has 0 atom stereocenters. The summed E-state index contributed by atoms with van der Waals surface area (Å²) in [4.78, 5) is 9.63. The molecule has 0 unspecified atom stereocenters. The third kappa shape index (κ3) is 4.65. The molecule has 0 aliphatic carbocycles. The summed E-state index contributed by atoms with van der Waals surface area (Å²) in [6.07, 6.45) is 0. The Morgan fingerprint density at radius 1 is 0.882 bits per heavy atom. The standard InChI is InChI=1S/C6H6N2O2.C6H7N/c7-5-2-1-3-6(4-5)8(9)10;7-6-4-2-1-3-5-6/h1-4H,7H2;1-5H,7H2. The van der Waals surface area contributed by atoms with Crippen molar-refractivity contribution in [2.24, 2.45) is 0 Å². The van der Waals surface area contributed by atoms with Crippen molar-refractivity contribution in [2.75, 3.05) is 11.5 Å². The van der Waals surface area contributed by atoms with Gasteiger partial charge in [-0.05, 0) is 18.2 Å². The number of nitrogen functional groups attached to an aromatic ring is 2. The van der Waals surface area contributed by atoms with Crippen molar-refractivity contribution in [1.29, 1.82) is 0 Å². The van der Waals surface area contributed by atoms with Crippen molar-refractivity contribution in [1.82, 2.24) is 0 Å². The summed E-state index contributed by atoms with van der Waals surface area (Å²) in [5.74, 6) is 0. The number of hydrogen-bond donors (Lipinski definition) is 2. The van der Waals surface area contributed by atoms with Crippen molar-refractivity contribution < 1.29 is 4.92 Å². The highest BCUT2D eigenvalue weighted by Gasteiger charge is 2.02. The monoisotopic (exact) mass is 231 g/mol. The van der Waals surface area contributed by atoms with E-state index < -0.39 is 4.92 Å². The summed E-state index contributed by atoms with van der Waals surface area (Å²) in [5, 5.41) is 10.1. The number of nitrogens with zero attached hydrogens (tertiary/aromatic N) is 1. The van der Waals surface area contributed by atoms with Crippen LogP contribution in [0.25, 0.3) is 0 Å². The minimum atomic E-state index is -0.476. The van der Waals surface area contributed by atoms with Crippen LogP contribution >= 0.6 is 0 Å². The first kappa shape index (κ1) is 12.5. The zero-order chi connectivity index (χ0) is 12.7.